The number of hydrogen-bond donors (Lipinski definition) is 0. The van der Waals surface area contributed by atoms with Crippen molar-refractivity contribution in [1.82, 2.24) is 4.90 Å². The summed E-state index contributed by atoms with van der Waals surface area (Å²) in [6, 6.07) is 9.74. The summed E-state index contributed by atoms with van der Waals surface area (Å²) in [7, 11) is 0. The monoisotopic (exact) mass is 336 g/mol. The van der Waals surface area contributed by atoms with Crippen molar-refractivity contribution in [2.75, 3.05) is 6.54 Å². The Kier molecular flexibility index (Phi) is 5.28. The number of para-hydroxylation sites is 1. The standard InChI is InChI=1S/C16H14ClFN2O3/c1-2-19(10-11-5-3-4-6-15(11)20(22)23)16(21)13-8-7-12(18)9-14(13)17/h3-9H,2,10H2,1H3. The van der Waals surface area contributed by atoms with E-state index in [0.717, 1.165) is 12.1 Å². The SMILES string of the molecule is CCN(Cc1ccccc1[N+](=O)[O-])C(=O)c1ccc(F)cc1Cl. The average molecular weight is 337 g/mol. The van der Waals surface area contributed by atoms with E-state index in [2.05, 4.69) is 0 Å². The molecule has 2 rings (SSSR count). The zero-order valence-electron chi connectivity index (χ0n) is 12.3. The maximum Gasteiger partial charge on any atom is 0.274 e. The third kappa shape index (κ3) is 3.84. The summed E-state index contributed by atoms with van der Waals surface area (Å²) in [5.41, 5.74) is 0.531. The Hall–Kier alpha value is -2.47. The molecule has 0 radical (unpaired) electrons. The first-order chi connectivity index (χ1) is 10.9. The van der Waals surface area contributed by atoms with Gasteiger partial charge >= 0.3 is 0 Å². The van der Waals surface area contributed by atoms with Gasteiger partial charge in [-0.1, -0.05) is 29.8 Å². The van der Waals surface area contributed by atoms with Gasteiger partial charge in [0.05, 0.1) is 22.1 Å². The van der Waals surface area contributed by atoms with Gasteiger partial charge in [0.2, 0.25) is 0 Å². The minimum Gasteiger partial charge on any atom is -0.334 e. The van der Waals surface area contributed by atoms with Gasteiger partial charge in [0, 0.05) is 18.2 Å². The third-order valence-corrected chi connectivity index (χ3v) is 3.69. The highest BCUT2D eigenvalue weighted by Gasteiger charge is 2.21. The fourth-order valence-corrected chi connectivity index (χ4v) is 2.44. The third-order valence-electron chi connectivity index (χ3n) is 3.38. The van der Waals surface area contributed by atoms with Gasteiger partial charge in [-0.05, 0) is 25.1 Å². The molecule has 5 nitrogen and oxygen atoms in total. The minimum atomic E-state index is -0.534. The largest absolute Gasteiger partial charge is 0.334 e. The molecule has 0 aromatic heterocycles. The molecule has 0 aliphatic heterocycles. The van der Waals surface area contributed by atoms with Crippen molar-refractivity contribution in [3.8, 4) is 0 Å². The average Bonchev–Trinajstić information content (AvgIpc) is 2.52. The van der Waals surface area contributed by atoms with Crippen LogP contribution in [0.2, 0.25) is 5.02 Å². The number of nitrogens with zero attached hydrogens (tertiary/aromatic N) is 2. The van der Waals surface area contributed by atoms with Crippen molar-refractivity contribution in [2.24, 2.45) is 0 Å². The number of nitro benzene ring substituents is 1. The summed E-state index contributed by atoms with van der Waals surface area (Å²) in [4.78, 5) is 24.5. The first-order valence-electron chi connectivity index (χ1n) is 6.90. The molecule has 23 heavy (non-hydrogen) atoms. The number of carbonyl (C=O) groups is 1. The summed E-state index contributed by atoms with van der Waals surface area (Å²) < 4.78 is 13.1. The van der Waals surface area contributed by atoms with Crippen molar-refractivity contribution in [1.29, 1.82) is 0 Å². The second-order valence-corrected chi connectivity index (χ2v) is 5.24. The summed E-state index contributed by atoms with van der Waals surface area (Å²) in [6.45, 7) is 2.16. The van der Waals surface area contributed by atoms with Crippen molar-refractivity contribution in [3.63, 3.8) is 0 Å². The van der Waals surface area contributed by atoms with Crippen LogP contribution in [0.1, 0.15) is 22.8 Å². The van der Waals surface area contributed by atoms with E-state index in [9.17, 15) is 19.3 Å². The Morgan fingerprint density at radius 1 is 1.30 bits per heavy atom. The lowest BCUT2D eigenvalue weighted by Gasteiger charge is -2.21. The fourth-order valence-electron chi connectivity index (χ4n) is 2.19. The van der Waals surface area contributed by atoms with Crippen LogP contribution in [0.25, 0.3) is 0 Å². The van der Waals surface area contributed by atoms with Crippen molar-refractivity contribution in [3.05, 3.63) is 74.5 Å². The molecule has 0 aliphatic carbocycles. The van der Waals surface area contributed by atoms with Crippen LogP contribution < -0.4 is 0 Å². The van der Waals surface area contributed by atoms with Gasteiger partial charge < -0.3 is 4.90 Å². The van der Waals surface area contributed by atoms with Gasteiger partial charge in [0.15, 0.2) is 0 Å². The van der Waals surface area contributed by atoms with Gasteiger partial charge in [-0.25, -0.2) is 4.39 Å². The number of rotatable bonds is 5. The second kappa shape index (κ2) is 7.19. The lowest BCUT2D eigenvalue weighted by molar-refractivity contribution is -0.385. The smallest absolute Gasteiger partial charge is 0.274 e. The fraction of sp³-hybridized carbons (Fsp3) is 0.188. The predicted octanol–water partition coefficient (Wildman–Crippen LogP) is 4.05. The van der Waals surface area contributed by atoms with E-state index in [1.54, 1.807) is 25.1 Å². The second-order valence-electron chi connectivity index (χ2n) is 4.83. The maximum absolute atomic E-state index is 13.1. The normalized spacial score (nSPS) is 10.4. The highest BCUT2D eigenvalue weighted by molar-refractivity contribution is 6.33. The molecule has 0 N–H and O–H groups in total. The lowest BCUT2D eigenvalue weighted by Crippen LogP contribution is -2.30. The highest BCUT2D eigenvalue weighted by atomic mass is 35.5. The molecule has 1 amide bonds. The van der Waals surface area contributed by atoms with E-state index in [0.29, 0.717) is 12.1 Å². The Bertz CT molecular complexity index is 752. The Morgan fingerprint density at radius 3 is 2.61 bits per heavy atom. The Labute approximate surface area is 137 Å². The van der Waals surface area contributed by atoms with E-state index in [4.69, 9.17) is 11.6 Å². The van der Waals surface area contributed by atoms with E-state index in [-0.39, 0.29) is 22.8 Å². The Balaban J connectivity index is 2.30. The van der Waals surface area contributed by atoms with Crippen LogP contribution in [0.15, 0.2) is 42.5 Å². The van der Waals surface area contributed by atoms with Gasteiger partial charge in [-0.2, -0.15) is 0 Å². The molecule has 0 atom stereocenters. The van der Waals surface area contributed by atoms with Gasteiger partial charge in [-0.15, -0.1) is 0 Å². The van der Waals surface area contributed by atoms with Crippen LogP contribution in [-0.4, -0.2) is 22.3 Å². The summed E-state index contributed by atoms with van der Waals surface area (Å²) in [5, 5.41) is 11.1. The quantitative estimate of drug-likeness (QED) is 0.611. The molecule has 0 unspecified atom stereocenters. The minimum absolute atomic E-state index is 0.0102. The molecule has 0 saturated carbocycles. The van der Waals surface area contributed by atoms with Crippen molar-refractivity contribution < 1.29 is 14.1 Å². The molecule has 7 heteroatoms. The van der Waals surface area contributed by atoms with Crippen molar-refractivity contribution >= 4 is 23.2 Å². The number of nitro groups is 1. The molecule has 0 fully saturated rings. The van der Waals surface area contributed by atoms with E-state index < -0.39 is 16.6 Å². The first-order valence-corrected chi connectivity index (χ1v) is 7.28. The van der Waals surface area contributed by atoms with Crippen LogP contribution in [-0.2, 0) is 6.54 Å². The summed E-state index contributed by atoms with van der Waals surface area (Å²) in [5.74, 6) is -0.941. The number of carbonyl (C=O) groups excluding carboxylic acids is 1. The highest BCUT2D eigenvalue weighted by Crippen LogP contribution is 2.23. The van der Waals surface area contributed by atoms with Gasteiger partial charge in [0.1, 0.15) is 5.82 Å². The zero-order valence-corrected chi connectivity index (χ0v) is 13.1. The maximum atomic E-state index is 13.1. The first kappa shape index (κ1) is 16.9. The molecule has 120 valence electrons. The lowest BCUT2D eigenvalue weighted by atomic mass is 10.1. The molecule has 0 saturated heterocycles. The molecule has 0 heterocycles. The summed E-state index contributed by atoms with van der Waals surface area (Å²) in [6.07, 6.45) is 0. The van der Waals surface area contributed by atoms with Crippen LogP contribution >= 0.6 is 11.6 Å². The number of amides is 1. The van der Waals surface area contributed by atoms with Crippen LogP contribution in [0.5, 0.6) is 0 Å². The predicted molar refractivity (Wildman–Crippen MR) is 84.9 cm³/mol. The van der Waals surface area contributed by atoms with Crippen LogP contribution in [0, 0.1) is 15.9 Å². The molecule has 2 aromatic rings. The number of benzene rings is 2. The topological polar surface area (TPSA) is 63.4 Å². The van der Waals surface area contributed by atoms with Gasteiger partial charge in [-0.3, -0.25) is 14.9 Å². The van der Waals surface area contributed by atoms with Crippen molar-refractivity contribution in [2.45, 2.75) is 13.5 Å². The van der Waals surface area contributed by atoms with Crippen LogP contribution in [0.4, 0.5) is 10.1 Å². The molecule has 2 aromatic carbocycles. The van der Waals surface area contributed by atoms with E-state index in [1.165, 1.54) is 17.0 Å². The number of hydrogen-bond acceptors (Lipinski definition) is 3. The molecule has 0 aliphatic rings. The Morgan fingerprint density at radius 2 is 2.00 bits per heavy atom. The van der Waals surface area contributed by atoms with Gasteiger partial charge in [0.25, 0.3) is 11.6 Å². The summed E-state index contributed by atoms with van der Waals surface area (Å²) >= 11 is 5.91. The molecular weight excluding hydrogens is 323 g/mol. The molecular formula is C16H14ClFN2O3. The van der Waals surface area contributed by atoms with E-state index >= 15 is 0 Å². The number of halogens is 2. The van der Waals surface area contributed by atoms with Crippen LogP contribution in [0.3, 0.4) is 0 Å². The molecule has 0 bridgehead atoms. The van der Waals surface area contributed by atoms with E-state index in [1.807, 2.05) is 0 Å². The molecule has 0 spiro atoms. The zero-order chi connectivity index (χ0) is 17.0.